The van der Waals surface area contributed by atoms with Crippen LogP contribution in [0.25, 0.3) is 0 Å². The van der Waals surface area contributed by atoms with E-state index in [2.05, 4.69) is 23.4 Å². The Hall–Kier alpha value is -1.90. The van der Waals surface area contributed by atoms with Crippen molar-refractivity contribution < 1.29 is 4.79 Å². The lowest BCUT2D eigenvalue weighted by Gasteiger charge is -2.29. The Morgan fingerprint density at radius 1 is 1.25 bits per heavy atom. The molecule has 104 valence electrons. The Labute approximate surface area is 119 Å². The van der Waals surface area contributed by atoms with E-state index in [9.17, 15) is 4.79 Å². The molecule has 1 aliphatic carbocycles. The maximum Gasteiger partial charge on any atom is 0.165 e. The van der Waals surface area contributed by atoms with Crippen molar-refractivity contribution in [2.75, 3.05) is 0 Å². The van der Waals surface area contributed by atoms with Gasteiger partial charge in [-0.25, -0.2) is 0 Å². The molecule has 0 N–H and O–H groups in total. The quantitative estimate of drug-likeness (QED) is 0.836. The Balaban J connectivity index is 1.95. The summed E-state index contributed by atoms with van der Waals surface area (Å²) in [5.74, 6) is 0.271. The molecule has 20 heavy (non-hydrogen) atoms. The van der Waals surface area contributed by atoms with Gasteiger partial charge in [0.05, 0.1) is 12.2 Å². The number of rotatable bonds is 2. The number of aromatic nitrogens is 2. The van der Waals surface area contributed by atoms with Crippen LogP contribution in [-0.4, -0.2) is 15.3 Å². The standard InChI is InChI=1S/C17H20N2O/c1-12-5-4-6-13(18-12)11-19-8-7-14-15(19)9-17(2,3)10-16(14)20/h4-8H,9-11H2,1-3H3. The predicted molar refractivity (Wildman–Crippen MR) is 78.9 cm³/mol. The normalized spacial score (nSPS) is 17.1. The first-order chi connectivity index (χ1) is 9.44. The predicted octanol–water partition coefficient (Wildman–Crippen LogP) is 3.39. The van der Waals surface area contributed by atoms with Crippen LogP contribution in [0.5, 0.6) is 0 Å². The average molecular weight is 268 g/mol. The van der Waals surface area contributed by atoms with Crippen molar-refractivity contribution >= 4 is 5.78 Å². The van der Waals surface area contributed by atoms with Gasteiger partial charge in [0.2, 0.25) is 0 Å². The van der Waals surface area contributed by atoms with Crippen molar-refractivity contribution in [3.05, 3.63) is 53.1 Å². The molecule has 3 nitrogen and oxygen atoms in total. The molecule has 0 atom stereocenters. The van der Waals surface area contributed by atoms with Crippen LogP contribution in [-0.2, 0) is 13.0 Å². The van der Waals surface area contributed by atoms with Gasteiger partial charge in [0.1, 0.15) is 0 Å². The highest BCUT2D eigenvalue weighted by atomic mass is 16.1. The van der Waals surface area contributed by atoms with Crippen molar-refractivity contribution in [2.24, 2.45) is 5.41 Å². The molecule has 3 heteroatoms. The van der Waals surface area contributed by atoms with Gasteiger partial charge in [0.15, 0.2) is 5.78 Å². The first-order valence-corrected chi connectivity index (χ1v) is 7.08. The van der Waals surface area contributed by atoms with Crippen molar-refractivity contribution in [3.63, 3.8) is 0 Å². The lowest BCUT2D eigenvalue weighted by molar-refractivity contribution is 0.0910. The summed E-state index contributed by atoms with van der Waals surface area (Å²) in [5, 5.41) is 0. The van der Waals surface area contributed by atoms with Crippen molar-refractivity contribution in [1.82, 2.24) is 9.55 Å². The largest absolute Gasteiger partial charge is 0.345 e. The van der Waals surface area contributed by atoms with Crippen LogP contribution >= 0.6 is 0 Å². The van der Waals surface area contributed by atoms with Gasteiger partial charge in [0.25, 0.3) is 0 Å². The number of Topliss-reactive ketones (excluding diaryl/α,β-unsaturated/α-hetero) is 1. The number of carbonyl (C=O) groups excluding carboxylic acids is 1. The third kappa shape index (κ3) is 2.40. The smallest absolute Gasteiger partial charge is 0.165 e. The summed E-state index contributed by atoms with van der Waals surface area (Å²) in [4.78, 5) is 16.7. The van der Waals surface area contributed by atoms with Gasteiger partial charge in [-0.1, -0.05) is 19.9 Å². The maximum atomic E-state index is 12.2. The second kappa shape index (κ2) is 4.58. The molecule has 0 spiro atoms. The van der Waals surface area contributed by atoms with Crippen LogP contribution < -0.4 is 0 Å². The molecule has 0 fully saturated rings. The van der Waals surface area contributed by atoms with Crippen LogP contribution in [0.2, 0.25) is 0 Å². The minimum absolute atomic E-state index is 0.0558. The lowest BCUT2D eigenvalue weighted by Crippen LogP contribution is -2.28. The number of pyridine rings is 1. The van der Waals surface area contributed by atoms with Gasteiger partial charge >= 0.3 is 0 Å². The molecule has 0 bridgehead atoms. The van der Waals surface area contributed by atoms with Gasteiger partial charge in [0, 0.05) is 29.6 Å². The minimum Gasteiger partial charge on any atom is -0.345 e. The number of nitrogens with zero attached hydrogens (tertiary/aromatic N) is 2. The second-order valence-corrected chi connectivity index (χ2v) is 6.52. The third-order valence-corrected chi connectivity index (χ3v) is 3.94. The van der Waals surface area contributed by atoms with Crippen molar-refractivity contribution in [1.29, 1.82) is 0 Å². The van der Waals surface area contributed by atoms with E-state index in [1.54, 1.807) is 0 Å². The zero-order valence-electron chi connectivity index (χ0n) is 12.3. The number of ketones is 1. The van der Waals surface area contributed by atoms with Crippen LogP contribution in [0.15, 0.2) is 30.5 Å². The fourth-order valence-electron chi connectivity index (χ4n) is 3.01. The van der Waals surface area contributed by atoms with E-state index in [1.807, 2.05) is 37.4 Å². The third-order valence-electron chi connectivity index (χ3n) is 3.94. The molecule has 0 saturated heterocycles. The monoisotopic (exact) mass is 268 g/mol. The van der Waals surface area contributed by atoms with Gasteiger partial charge < -0.3 is 4.57 Å². The molecule has 2 aromatic rings. The van der Waals surface area contributed by atoms with Crippen LogP contribution in [0.4, 0.5) is 0 Å². The number of hydrogen-bond donors (Lipinski definition) is 0. The Kier molecular flexibility index (Phi) is 3.00. The van der Waals surface area contributed by atoms with Gasteiger partial charge in [-0.05, 0) is 37.0 Å². The molecule has 2 heterocycles. The Morgan fingerprint density at radius 2 is 2.05 bits per heavy atom. The van der Waals surface area contributed by atoms with Crippen LogP contribution in [0, 0.1) is 12.3 Å². The molecule has 0 unspecified atom stereocenters. The summed E-state index contributed by atoms with van der Waals surface area (Å²) >= 11 is 0. The number of fused-ring (bicyclic) bond motifs is 1. The molecule has 0 saturated carbocycles. The lowest BCUT2D eigenvalue weighted by atomic mass is 9.76. The molecular weight excluding hydrogens is 248 g/mol. The SMILES string of the molecule is Cc1cccc(Cn2ccc3c2CC(C)(C)CC3=O)n1. The summed E-state index contributed by atoms with van der Waals surface area (Å²) < 4.78 is 2.18. The van der Waals surface area contributed by atoms with Crippen molar-refractivity contribution in [3.8, 4) is 0 Å². The highest BCUT2D eigenvalue weighted by Gasteiger charge is 2.32. The first-order valence-electron chi connectivity index (χ1n) is 7.08. The summed E-state index contributed by atoms with van der Waals surface area (Å²) in [6.07, 6.45) is 3.62. The molecule has 2 aromatic heterocycles. The number of carbonyl (C=O) groups is 1. The summed E-state index contributed by atoms with van der Waals surface area (Å²) in [6, 6.07) is 8.03. The van der Waals surface area contributed by atoms with Crippen molar-refractivity contribution in [2.45, 2.75) is 40.2 Å². The fraction of sp³-hybridized carbons (Fsp3) is 0.412. The summed E-state index contributed by atoms with van der Waals surface area (Å²) in [6.45, 7) is 7.06. The van der Waals surface area contributed by atoms with Gasteiger partial charge in [-0.3, -0.25) is 9.78 Å². The van der Waals surface area contributed by atoms with E-state index >= 15 is 0 Å². The maximum absolute atomic E-state index is 12.2. The molecule has 0 aromatic carbocycles. The molecule has 1 aliphatic rings. The topological polar surface area (TPSA) is 34.9 Å². The van der Waals surface area contributed by atoms with E-state index in [1.165, 1.54) is 0 Å². The average Bonchev–Trinajstić information content (AvgIpc) is 2.71. The number of hydrogen-bond acceptors (Lipinski definition) is 2. The molecule has 0 aliphatic heterocycles. The Morgan fingerprint density at radius 3 is 2.80 bits per heavy atom. The summed E-state index contributed by atoms with van der Waals surface area (Å²) in [7, 11) is 0. The first kappa shape index (κ1) is 13.1. The molecule has 0 radical (unpaired) electrons. The van der Waals surface area contributed by atoms with E-state index in [4.69, 9.17) is 0 Å². The fourth-order valence-corrected chi connectivity index (χ4v) is 3.01. The van der Waals surface area contributed by atoms with E-state index in [0.717, 1.165) is 35.6 Å². The van der Waals surface area contributed by atoms with Gasteiger partial charge in [-0.15, -0.1) is 0 Å². The molecular formula is C17H20N2O. The summed E-state index contributed by atoms with van der Waals surface area (Å²) in [5.41, 5.74) is 4.19. The minimum atomic E-state index is 0.0558. The zero-order chi connectivity index (χ0) is 14.3. The van der Waals surface area contributed by atoms with Crippen LogP contribution in [0.1, 0.15) is 47.7 Å². The van der Waals surface area contributed by atoms with E-state index in [-0.39, 0.29) is 11.2 Å². The van der Waals surface area contributed by atoms with E-state index < -0.39 is 0 Å². The highest BCUT2D eigenvalue weighted by molar-refractivity contribution is 5.98. The van der Waals surface area contributed by atoms with E-state index in [0.29, 0.717) is 6.42 Å². The Bertz CT molecular complexity index is 667. The molecule has 3 rings (SSSR count). The second-order valence-electron chi connectivity index (χ2n) is 6.52. The van der Waals surface area contributed by atoms with Gasteiger partial charge in [-0.2, -0.15) is 0 Å². The zero-order valence-corrected chi connectivity index (χ0v) is 12.3. The highest BCUT2D eigenvalue weighted by Crippen LogP contribution is 2.35. The van der Waals surface area contributed by atoms with Crippen LogP contribution in [0.3, 0.4) is 0 Å². The number of aryl methyl sites for hydroxylation is 1. The molecule has 0 amide bonds.